The number of rotatable bonds is 5. The van der Waals surface area contributed by atoms with E-state index in [1.54, 1.807) is 18.7 Å². The fourth-order valence-electron chi connectivity index (χ4n) is 2.21. The van der Waals surface area contributed by atoms with Crippen molar-refractivity contribution in [1.29, 1.82) is 0 Å². The van der Waals surface area contributed by atoms with Crippen molar-refractivity contribution in [3.8, 4) is 0 Å². The van der Waals surface area contributed by atoms with E-state index < -0.39 is 17.7 Å². The molecule has 21 heavy (non-hydrogen) atoms. The molecular formula is C16H18F2N2S. The number of benzene rings is 2. The first-order valence-electron chi connectivity index (χ1n) is 6.71. The first-order valence-corrected chi connectivity index (χ1v) is 7.70. The lowest BCUT2D eigenvalue weighted by Crippen LogP contribution is -2.30. The fourth-order valence-corrected chi connectivity index (χ4v) is 2.87. The summed E-state index contributed by atoms with van der Waals surface area (Å²) in [4.78, 5) is 1.11. The van der Waals surface area contributed by atoms with Gasteiger partial charge < -0.3 is 0 Å². The third-order valence-corrected chi connectivity index (χ3v) is 4.19. The lowest BCUT2D eigenvalue weighted by atomic mass is 9.96. The average Bonchev–Trinajstić information content (AvgIpc) is 2.49. The van der Waals surface area contributed by atoms with Crippen LogP contribution in [0.4, 0.5) is 8.78 Å². The minimum Gasteiger partial charge on any atom is -0.271 e. The van der Waals surface area contributed by atoms with Crippen molar-refractivity contribution in [3.63, 3.8) is 0 Å². The lowest BCUT2D eigenvalue weighted by molar-refractivity contribution is 0.506. The maximum absolute atomic E-state index is 14.2. The van der Waals surface area contributed by atoms with Crippen LogP contribution in [-0.2, 0) is 0 Å². The van der Waals surface area contributed by atoms with E-state index in [2.05, 4.69) is 12.3 Å². The predicted octanol–water partition coefficient (Wildman–Crippen LogP) is 3.94. The topological polar surface area (TPSA) is 38.0 Å². The van der Waals surface area contributed by atoms with Gasteiger partial charge in [0.25, 0.3) is 0 Å². The van der Waals surface area contributed by atoms with Gasteiger partial charge in [0.15, 0.2) is 0 Å². The van der Waals surface area contributed by atoms with Gasteiger partial charge in [0.2, 0.25) is 0 Å². The van der Waals surface area contributed by atoms with Crippen molar-refractivity contribution < 1.29 is 8.78 Å². The highest BCUT2D eigenvalue weighted by atomic mass is 32.2. The predicted molar refractivity (Wildman–Crippen MR) is 83.1 cm³/mol. The van der Waals surface area contributed by atoms with Gasteiger partial charge in [-0.1, -0.05) is 25.1 Å². The van der Waals surface area contributed by atoms with Crippen molar-refractivity contribution in [3.05, 3.63) is 64.7 Å². The van der Waals surface area contributed by atoms with E-state index in [9.17, 15) is 8.78 Å². The molecule has 1 unspecified atom stereocenters. The van der Waals surface area contributed by atoms with Crippen molar-refractivity contribution >= 4 is 11.8 Å². The van der Waals surface area contributed by atoms with Crippen LogP contribution in [0.25, 0.3) is 0 Å². The second-order valence-electron chi connectivity index (χ2n) is 4.69. The van der Waals surface area contributed by atoms with E-state index in [0.717, 1.165) is 16.2 Å². The van der Waals surface area contributed by atoms with Gasteiger partial charge in [0.05, 0.1) is 6.04 Å². The van der Waals surface area contributed by atoms with Crippen LogP contribution < -0.4 is 11.3 Å². The molecule has 0 aliphatic rings. The van der Waals surface area contributed by atoms with E-state index in [1.807, 2.05) is 24.3 Å². The summed E-state index contributed by atoms with van der Waals surface area (Å²) in [6.07, 6.45) is 0. The van der Waals surface area contributed by atoms with Crippen molar-refractivity contribution in [2.24, 2.45) is 5.84 Å². The molecule has 2 nitrogen and oxygen atoms in total. The Bertz CT molecular complexity index is 614. The van der Waals surface area contributed by atoms with Crippen LogP contribution in [0.3, 0.4) is 0 Å². The van der Waals surface area contributed by atoms with E-state index in [1.165, 1.54) is 12.1 Å². The van der Waals surface area contributed by atoms with Gasteiger partial charge in [0.1, 0.15) is 11.6 Å². The number of hydrogen-bond donors (Lipinski definition) is 2. The van der Waals surface area contributed by atoms with E-state index in [-0.39, 0.29) is 5.56 Å². The molecule has 0 radical (unpaired) electrons. The molecule has 0 spiro atoms. The summed E-state index contributed by atoms with van der Waals surface area (Å²) in [5.74, 6) is 5.34. The van der Waals surface area contributed by atoms with Gasteiger partial charge in [0, 0.05) is 10.5 Å². The SMILES string of the molecule is CCSc1ccc(C(NN)c2c(F)ccc(C)c2F)cc1. The summed E-state index contributed by atoms with van der Waals surface area (Å²) in [5, 5.41) is 0. The summed E-state index contributed by atoms with van der Waals surface area (Å²) in [6.45, 7) is 3.67. The van der Waals surface area contributed by atoms with Gasteiger partial charge in [-0.15, -0.1) is 11.8 Å². The molecule has 3 N–H and O–H groups in total. The highest BCUT2D eigenvalue weighted by molar-refractivity contribution is 7.99. The Hall–Kier alpha value is -1.43. The maximum Gasteiger partial charge on any atom is 0.134 e. The summed E-state index contributed by atoms with van der Waals surface area (Å²) in [7, 11) is 0. The molecule has 0 aliphatic carbocycles. The number of nitrogens with one attached hydrogen (secondary N) is 1. The van der Waals surface area contributed by atoms with Gasteiger partial charge in [-0.05, 0) is 42.0 Å². The van der Waals surface area contributed by atoms with Crippen LogP contribution in [-0.4, -0.2) is 5.75 Å². The molecule has 2 aromatic rings. The molecule has 112 valence electrons. The molecule has 0 bridgehead atoms. The van der Waals surface area contributed by atoms with Crippen LogP contribution in [0.2, 0.25) is 0 Å². The average molecular weight is 308 g/mol. The normalized spacial score (nSPS) is 12.4. The molecule has 0 aliphatic heterocycles. The second kappa shape index (κ2) is 7.02. The monoisotopic (exact) mass is 308 g/mol. The zero-order chi connectivity index (χ0) is 15.4. The summed E-state index contributed by atoms with van der Waals surface area (Å²) < 4.78 is 28.3. The number of halogens is 2. The fraction of sp³-hybridized carbons (Fsp3) is 0.250. The van der Waals surface area contributed by atoms with Gasteiger partial charge in [-0.25, -0.2) is 14.2 Å². The molecule has 0 saturated carbocycles. The maximum atomic E-state index is 14.2. The number of hydrazine groups is 1. The van der Waals surface area contributed by atoms with Crippen LogP contribution in [0, 0.1) is 18.6 Å². The van der Waals surface area contributed by atoms with Gasteiger partial charge >= 0.3 is 0 Å². The third kappa shape index (κ3) is 3.43. The minimum atomic E-state index is -0.717. The molecular weight excluding hydrogens is 290 g/mol. The van der Waals surface area contributed by atoms with Crippen LogP contribution in [0.1, 0.15) is 29.7 Å². The van der Waals surface area contributed by atoms with Crippen molar-refractivity contribution in [2.45, 2.75) is 24.8 Å². The zero-order valence-electron chi connectivity index (χ0n) is 12.0. The van der Waals surface area contributed by atoms with Crippen molar-refractivity contribution in [2.75, 3.05) is 5.75 Å². The molecule has 5 heteroatoms. The first-order chi connectivity index (χ1) is 10.1. The highest BCUT2D eigenvalue weighted by Crippen LogP contribution is 2.29. The Balaban J connectivity index is 2.42. The lowest BCUT2D eigenvalue weighted by Gasteiger charge is -2.19. The highest BCUT2D eigenvalue weighted by Gasteiger charge is 2.22. The van der Waals surface area contributed by atoms with E-state index in [0.29, 0.717) is 5.56 Å². The molecule has 1 atom stereocenters. The quantitative estimate of drug-likeness (QED) is 0.499. The van der Waals surface area contributed by atoms with Gasteiger partial charge in [-0.3, -0.25) is 5.84 Å². The molecule has 2 aromatic carbocycles. The summed E-state index contributed by atoms with van der Waals surface area (Å²) in [6, 6.07) is 9.50. The van der Waals surface area contributed by atoms with E-state index >= 15 is 0 Å². The smallest absolute Gasteiger partial charge is 0.134 e. The number of nitrogens with two attached hydrogens (primary N) is 1. The molecule has 0 amide bonds. The summed E-state index contributed by atoms with van der Waals surface area (Å²) >= 11 is 1.71. The molecule has 2 rings (SSSR count). The van der Waals surface area contributed by atoms with Crippen LogP contribution >= 0.6 is 11.8 Å². The minimum absolute atomic E-state index is 0.0478. The van der Waals surface area contributed by atoms with Crippen molar-refractivity contribution in [1.82, 2.24) is 5.43 Å². The Morgan fingerprint density at radius 2 is 1.81 bits per heavy atom. The van der Waals surface area contributed by atoms with E-state index in [4.69, 9.17) is 5.84 Å². The Morgan fingerprint density at radius 3 is 2.38 bits per heavy atom. The molecule has 0 aromatic heterocycles. The number of aryl methyl sites for hydroxylation is 1. The molecule has 0 heterocycles. The zero-order valence-corrected chi connectivity index (χ0v) is 12.8. The second-order valence-corrected chi connectivity index (χ2v) is 6.03. The van der Waals surface area contributed by atoms with Crippen LogP contribution in [0.5, 0.6) is 0 Å². The third-order valence-electron chi connectivity index (χ3n) is 3.30. The Morgan fingerprint density at radius 1 is 1.14 bits per heavy atom. The Labute approximate surface area is 127 Å². The Kier molecular flexibility index (Phi) is 5.33. The molecule has 0 saturated heterocycles. The standard InChI is InChI=1S/C16H18F2N2S/c1-3-21-12-7-5-11(6-8-12)16(20-19)14-13(17)9-4-10(2)15(14)18/h4-9,16,20H,3,19H2,1-2H3. The largest absolute Gasteiger partial charge is 0.271 e. The number of hydrogen-bond acceptors (Lipinski definition) is 3. The number of thioether (sulfide) groups is 1. The first kappa shape index (κ1) is 15.9. The van der Waals surface area contributed by atoms with Gasteiger partial charge in [-0.2, -0.15) is 0 Å². The summed E-state index contributed by atoms with van der Waals surface area (Å²) in [5.41, 5.74) is 3.58. The van der Waals surface area contributed by atoms with Crippen LogP contribution in [0.15, 0.2) is 41.3 Å². The molecule has 0 fully saturated rings.